The Morgan fingerprint density at radius 1 is 1.07 bits per heavy atom. The molecule has 0 spiro atoms. The third-order valence-corrected chi connectivity index (χ3v) is 8.09. The van der Waals surface area contributed by atoms with Crippen LogP contribution in [0.5, 0.6) is 5.75 Å². The van der Waals surface area contributed by atoms with Crippen molar-refractivity contribution >= 4 is 28.9 Å². The van der Waals surface area contributed by atoms with Crippen LogP contribution in [0.2, 0.25) is 0 Å². The van der Waals surface area contributed by atoms with Gasteiger partial charge in [-0.1, -0.05) is 32.0 Å². The van der Waals surface area contributed by atoms with Crippen molar-refractivity contribution in [1.29, 1.82) is 0 Å². The molecule has 0 saturated carbocycles. The summed E-state index contributed by atoms with van der Waals surface area (Å²) in [4.78, 5) is 27.0. The summed E-state index contributed by atoms with van der Waals surface area (Å²) in [6, 6.07) is 13.6. The zero-order chi connectivity index (χ0) is 29.5. The standard InChI is InChI=1S/C31H42N8O3/c1-4-21-7-6-8-22(5-2)29(21)35-30(41)27-20-26(36-37-27)24-11-12-32-31(33-24)34-25-10-9-23(19-28(25)42-3)39-15-13-38(14-16-39)17-18-40/h6-12,19,26-27,36-37,40H,4-5,13-18,20H2,1-3H3,(H,35,41)(H,32,33,34). The van der Waals surface area contributed by atoms with Gasteiger partial charge in [-0.25, -0.2) is 20.8 Å². The Morgan fingerprint density at radius 3 is 2.52 bits per heavy atom. The van der Waals surface area contributed by atoms with Crippen molar-refractivity contribution < 1.29 is 14.6 Å². The average molecular weight is 575 g/mol. The minimum atomic E-state index is -0.394. The van der Waals surface area contributed by atoms with Gasteiger partial charge in [0.05, 0.1) is 31.1 Å². The Balaban J connectivity index is 1.22. The first-order chi connectivity index (χ1) is 20.5. The summed E-state index contributed by atoms with van der Waals surface area (Å²) in [5.41, 5.74) is 12.2. The monoisotopic (exact) mass is 574 g/mol. The van der Waals surface area contributed by atoms with Gasteiger partial charge in [-0.2, -0.15) is 0 Å². The van der Waals surface area contributed by atoms with E-state index in [-0.39, 0.29) is 18.6 Å². The number of nitrogens with one attached hydrogen (secondary N) is 4. The van der Waals surface area contributed by atoms with Crippen molar-refractivity contribution in [2.45, 2.75) is 45.2 Å². The highest BCUT2D eigenvalue weighted by atomic mass is 16.5. The molecule has 2 fully saturated rings. The fraction of sp³-hybridized carbons (Fsp3) is 0.452. The van der Waals surface area contributed by atoms with Gasteiger partial charge >= 0.3 is 0 Å². The van der Waals surface area contributed by atoms with Crippen LogP contribution in [0.3, 0.4) is 0 Å². The van der Waals surface area contributed by atoms with Gasteiger partial charge in [0.2, 0.25) is 11.9 Å². The van der Waals surface area contributed by atoms with Gasteiger partial charge in [-0.3, -0.25) is 9.69 Å². The van der Waals surface area contributed by atoms with Crippen molar-refractivity contribution in [3.05, 3.63) is 65.5 Å². The maximum absolute atomic E-state index is 13.2. The topological polar surface area (TPSA) is 127 Å². The second-order valence-electron chi connectivity index (χ2n) is 10.6. The first-order valence-electron chi connectivity index (χ1n) is 14.8. The van der Waals surface area contributed by atoms with Crippen LogP contribution in [-0.2, 0) is 17.6 Å². The normalized spacial score (nSPS) is 19.1. The number of carbonyl (C=O) groups excluding carboxylic acids is 1. The first-order valence-corrected chi connectivity index (χ1v) is 14.8. The van der Waals surface area contributed by atoms with Crippen LogP contribution >= 0.6 is 0 Å². The van der Waals surface area contributed by atoms with E-state index in [1.165, 1.54) is 0 Å². The highest BCUT2D eigenvalue weighted by Crippen LogP contribution is 2.32. The molecule has 3 heterocycles. The largest absolute Gasteiger partial charge is 0.494 e. The Hall–Kier alpha value is -3.77. The Kier molecular flexibility index (Phi) is 9.85. The molecule has 2 aliphatic rings. The number of β-amino-alcohol motifs (C(OH)–C–C–N with tert-alkyl or cyclic N) is 1. The van der Waals surface area contributed by atoms with Gasteiger partial charge in [-0.05, 0) is 48.6 Å². The van der Waals surface area contributed by atoms with Crippen LogP contribution in [0.25, 0.3) is 0 Å². The number of ether oxygens (including phenoxy) is 1. The lowest BCUT2D eigenvalue weighted by Gasteiger charge is -2.36. The van der Waals surface area contributed by atoms with Crippen LogP contribution in [0.1, 0.15) is 43.1 Å². The van der Waals surface area contributed by atoms with E-state index in [1.807, 2.05) is 24.3 Å². The van der Waals surface area contributed by atoms with E-state index in [1.54, 1.807) is 13.3 Å². The van der Waals surface area contributed by atoms with Crippen LogP contribution < -0.4 is 31.1 Å². The molecule has 0 radical (unpaired) electrons. The first kappa shape index (κ1) is 29.7. The van der Waals surface area contributed by atoms with E-state index in [4.69, 9.17) is 9.72 Å². The van der Waals surface area contributed by atoms with E-state index in [0.29, 0.717) is 24.7 Å². The number of aliphatic hydroxyl groups excluding tert-OH is 1. The summed E-state index contributed by atoms with van der Waals surface area (Å²) in [5, 5.41) is 15.7. The minimum Gasteiger partial charge on any atom is -0.494 e. The highest BCUT2D eigenvalue weighted by molar-refractivity contribution is 5.96. The fourth-order valence-corrected chi connectivity index (χ4v) is 5.63. The molecule has 11 heteroatoms. The van der Waals surface area contributed by atoms with Crippen molar-refractivity contribution in [3.8, 4) is 5.75 Å². The van der Waals surface area contributed by atoms with Gasteiger partial charge in [-0.15, -0.1) is 0 Å². The number of aromatic nitrogens is 2. The summed E-state index contributed by atoms with van der Waals surface area (Å²) in [6.45, 7) is 8.73. The number of hydrazine groups is 1. The Labute approximate surface area is 247 Å². The van der Waals surface area contributed by atoms with Crippen LogP contribution in [0.4, 0.5) is 23.0 Å². The van der Waals surface area contributed by atoms with Gasteiger partial charge in [0.25, 0.3) is 0 Å². The van der Waals surface area contributed by atoms with Crippen molar-refractivity contribution in [1.82, 2.24) is 25.7 Å². The molecule has 2 unspecified atom stereocenters. The number of aryl methyl sites for hydroxylation is 2. The molecule has 11 nitrogen and oxygen atoms in total. The summed E-state index contributed by atoms with van der Waals surface area (Å²) in [5.74, 6) is 1.10. The predicted molar refractivity (Wildman–Crippen MR) is 165 cm³/mol. The molecule has 2 aromatic carbocycles. The second kappa shape index (κ2) is 13.9. The quantitative estimate of drug-likeness (QED) is 0.233. The lowest BCUT2D eigenvalue weighted by molar-refractivity contribution is -0.117. The number of hydrogen-bond donors (Lipinski definition) is 5. The maximum atomic E-state index is 13.2. The number of methoxy groups -OCH3 is 1. The van der Waals surface area contributed by atoms with E-state index in [2.05, 4.69) is 68.3 Å². The molecule has 42 heavy (non-hydrogen) atoms. The third kappa shape index (κ3) is 6.81. The van der Waals surface area contributed by atoms with Gasteiger partial charge < -0.3 is 25.4 Å². The molecular formula is C31H42N8O3. The number of aliphatic hydroxyl groups is 1. The molecule has 5 N–H and O–H groups in total. The van der Waals surface area contributed by atoms with E-state index in [9.17, 15) is 9.90 Å². The summed E-state index contributed by atoms with van der Waals surface area (Å²) in [7, 11) is 1.66. The predicted octanol–water partition coefficient (Wildman–Crippen LogP) is 3.01. The van der Waals surface area contributed by atoms with Crippen LogP contribution in [-0.4, -0.2) is 78.4 Å². The van der Waals surface area contributed by atoms with E-state index in [0.717, 1.165) is 72.9 Å². The highest BCUT2D eigenvalue weighted by Gasteiger charge is 2.31. The minimum absolute atomic E-state index is 0.0624. The number of carbonyl (C=O) groups is 1. The molecule has 2 saturated heterocycles. The van der Waals surface area contributed by atoms with Crippen LogP contribution in [0.15, 0.2) is 48.7 Å². The zero-order valence-corrected chi connectivity index (χ0v) is 24.7. The number of para-hydroxylation sites is 1. The molecule has 2 atom stereocenters. The average Bonchev–Trinajstić information content (AvgIpc) is 3.53. The van der Waals surface area contributed by atoms with Crippen molar-refractivity contribution in [2.75, 3.05) is 62.0 Å². The Bertz CT molecular complexity index is 1340. The summed E-state index contributed by atoms with van der Waals surface area (Å²) in [6.07, 6.45) is 3.99. The SMILES string of the molecule is CCc1cccc(CC)c1NC(=O)C1CC(c2ccnc(Nc3ccc(N4CCN(CCO)CC4)cc3OC)n2)NN1. The smallest absolute Gasteiger partial charge is 0.242 e. The zero-order valence-electron chi connectivity index (χ0n) is 24.7. The van der Waals surface area contributed by atoms with Crippen molar-refractivity contribution in [3.63, 3.8) is 0 Å². The van der Waals surface area contributed by atoms with Gasteiger partial charge in [0.15, 0.2) is 0 Å². The number of amides is 1. The summed E-state index contributed by atoms with van der Waals surface area (Å²) >= 11 is 0. The molecule has 0 aliphatic carbocycles. The number of benzene rings is 2. The van der Waals surface area contributed by atoms with Gasteiger partial charge in [0, 0.05) is 56.4 Å². The molecule has 3 aromatic rings. The Morgan fingerprint density at radius 2 is 1.83 bits per heavy atom. The molecule has 224 valence electrons. The lowest BCUT2D eigenvalue weighted by Crippen LogP contribution is -2.47. The second-order valence-corrected chi connectivity index (χ2v) is 10.6. The number of piperazine rings is 1. The lowest BCUT2D eigenvalue weighted by atomic mass is 10.0. The molecule has 1 aromatic heterocycles. The molecular weight excluding hydrogens is 532 g/mol. The van der Waals surface area contributed by atoms with Crippen LogP contribution in [0, 0.1) is 0 Å². The molecule has 2 aliphatic heterocycles. The number of anilines is 4. The number of hydrogen-bond acceptors (Lipinski definition) is 10. The molecule has 0 bridgehead atoms. The number of nitrogens with zero attached hydrogens (tertiary/aromatic N) is 4. The molecule has 5 rings (SSSR count). The van der Waals surface area contributed by atoms with Gasteiger partial charge in [0.1, 0.15) is 11.8 Å². The third-order valence-electron chi connectivity index (χ3n) is 8.09. The summed E-state index contributed by atoms with van der Waals surface area (Å²) < 4.78 is 5.71. The van der Waals surface area contributed by atoms with E-state index >= 15 is 0 Å². The van der Waals surface area contributed by atoms with E-state index < -0.39 is 6.04 Å². The van der Waals surface area contributed by atoms with Crippen molar-refractivity contribution in [2.24, 2.45) is 0 Å². The molecule has 1 amide bonds. The fourth-order valence-electron chi connectivity index (χ4n) is 5.63. The maximum Gasteiger partial charge on any atom is 0.242 e. The number of rotatable bonds is 11.